The van der Waals surface area contributed by atoms with Gasteiger partial charge in [-0.1, -0.05) is 0 Å². The van der Waals surface area contributed by atoms with Crippen molar-refractivity contribution < 1.29 is 17.6 Å². The molecule has 0 amide bonds. The predicted molar refractivity (Wildman–Crippen MR) is 71.4 cm³/mol. The molecule has 1 aliphatic rings. The molecule has 0 aliphatic carbocycles. The zero-order valence-electron chi connectivity index (χ0n) is 11.0. The lowest BCUT2D eigenvalue weighted by atomic mass is 10.1. The first-order valence-corrected chi connectivity index (χ1v) is 6.17. The van der Waals surface area contributed by atoms with Crippen molar-refractivity contribution >= 4 is 12.4 Å². The number of nitrogens with one attached hydrogen (secondary N) is 1. The summed E-state index contributed by atoms with van der Waals surface area (Å²) < 4.78 is 51.4. The van der Waals surface area contributed by atoms with E-state index in [0.717, 1.165) is 24.7 Å². The Morgan fingerprint density at radius 1 is 1.35 bits per heavy atom. The molecule has 0 bridgehead atoms. The molecular weight excluding hydrogens is 296 g/mol. The van der Waals surface area contributed by atoms with Gasteiger partial charge in [-0.2, -0.15) is 13.2 Å². The van der Waals surface area contributed by atoms with Crippen LogP contribution < -0.4 is 5.32 Å². The van der Waals surface area contributed by atoms with E-state index in [4.69, 9.17) is 0 Å². The molecule has 1 heterocycles. The van der Waals surface area contributed by atoms with Gasteiger partial charge in [0, 0.05) is 37.8 Å². The standard InChI is InChI=1S/C13H16F4N2.ClH/c1-9-7-19(5-4-18-9)8-10-6-11(13(15,16)17)2-3-12(10)14;/h2-3,6,9,18H,4-5,7-8H2,1H3;1H/t9-;/m1./s1. The van der Waals surface area contributed by atoms with Crippen molar-refractivity contribution in [1.82, 2.24) is 10.2 Å². The van der Waals surface area contributed by atoms with Gasteiger partial charge in [-0.15, -0.1) is 12.4 Å². The molecule has 7 heteroatoms. The van der Waals surface area contributed by atoms with Gasteiger partial charge in [0.05, 0.1) is 5.56 Å². The Kier molecular flexibility index (Phi) is 5.79. The smallest absolute Gasteiger partial charge is 0.312 e. The summed E-state index contributed by atoms with van der Waals surface area (Å²) in [7, 11) is 0. The molecule has 1 aromatic carbocycles. The molecule has 0 aromatic heterocycles. The van der Waals surface area contributed by atoms with Crippen molar-refractivity contribution in [2.45, 2.75) is 25.7 Å². The summed E-state index contributed by atoms with van der Waals surface area (Å²) in [4.78, 5) is 1.96. The Labute approximate surface area is 121 Å². The van der Waals surface area contributed by atoms with Crippen LogP contribution in [-0.4, -0.2) is 30.6 Å². The molecule has 1 aliphatic heterocycles. The van der Waals surface area contributed by atoms with E-state index >= 15 is 0 Å². The summed E-state index contributed by atoms with van der Waals surface area (Å²) in [5.41, 5.74) is -0.698. The highest BCUT2D eigenvalue weighted by Gasteiger charge is 2.31. The number of hydrogen-bond donors (Lipinski definition) is 1. The van der Waals surface area contributed by atoms with Crippen molar-refractivity contribution in [2.75, 3.05) is 19.6 Å². The minimum absolute atomic E-state index is 0. The van der Waals surface area contributed by atoms with Gasteiger partial charge >= 0.3 is 6.18 Å². The lowest BCUT2D eigenvalue weighted by Crippen LogP contribution is -2.48. The van der Waals surface area contributed by atoms with E-state index in [9.17, 15) is 17.6 Å². The van der Waals surface area contributed by atoms with E-state index in [1.807, 2.05) is 11.8 Å². The van der Waals surface area contributed by atoms with Crippen LogP contribution in [0.3, 0.4) is 0 Å². The fourth-order valence-electron chi connectivity index (χ4n) is 2.27. The van der Waals surface area contributed by atoms with Crippen LogP contribution in [0.5, 0.6) is 0 Å². The van der Waals surface area contributed by atoms with Crippen LogP contribution in [0.1, 0.15) is 18.1 Å². The summed E-state index contributed by atoms with van der Waals surface area (Å²) >= 11 is 0. The van der Waals surface area contributed by atoms with Crippen molar-refractivity contribution in [1.29, 1.82) is 0 Å². The number of piperazine rings is 1. The highest BCUT2D eigenvalue weighted by Crippen LogP contribution is 2.30. The quantitative estimate of drug-likeness (QED) is 0.844. The summed E-state index contributed by atoms with van der Waals surface area (Å²) in [6.45, 7) is 4.38. The molecule has 1 atom stereocenters. The molecule has 0 spiro atoms. The lowest BCUT2D eigenvalue weighted by Gasteiger charge is -2.32. The van der Waals surface area contributed by atoms with Gasteiger partial charge in [0.2, 0.25) is 0 Å². The molecule has 1 saturated heterocycles. The highest BCUT2D eigenvalue weighted by atomic mass is 35.5. The predicted octanol–water partition coefficient (Wildman–Crippen LogP) is 3.06. The summed E-state index contributed by atoms with van der Waals surface area (Å²) in [5.74, 6) is -0.584. The normalized spacial score (nSPS) is 20.6. The Morgan fingerprint density at radius 3 is 2.65 bits per heavy atom. The summed E-state index contributed by atoms with van der Waals surface area (Å²) in [6, 6.07) is 2.84. The molecule has 2 nitrogen and oxygen atoms in total. The first kappa shape index (κ1) is 17.2. The van der Waals surface area contributed by atoms with Gasteiger partial charge in [-0.3, -0.25) is 4.90 Å². The van der Waals surface area contributed by atoms with Crippen molar-refractivity contribution in [3.63, 3.8) is 0 Å². The van der Waals surface area contributed by atoms with Gasteiger partial charge < -0.3 is 5.32 Å². The first-order chi connectivity index (χ1) is 8.86. The Hall–Kier alpha value is -0.850. The number of hydrogen-bond acceptors (Lipinski definition) is 2. The topological polar surface area (TPSA) is 15.3 Å². The second kappa shape index (κ2) is 6.74. The van der Waals surface area contributed by atoms with Crippen LogP contribution in [0, 0.1) is 5.82 Å². The SMILES string of the molecule is C[C@@H]1CN(Cc2cc(C(F)(F)F)ccc2F)CCN1.Cl. The molecule has 1 aromatic rings. The fourth-order valence-corrected chi connectivity index (χ4v) is 2.27. The third kappa shape index (κ3) is 4.33. The third-order valence-corrected chi connectivity index (χ3v) is 3.22. The molecule has 1 N–H and O–H groups in total. The maximum Gasteiger partial charge on any atom is 0.416 e. The van der Waals surface area contributed by atoms with Gasteiger partial charge in [-0.25, -0.2) is 4.39 Å². The molecule has 20 heavy (non-hydrogen) atoms. The van der Waals surface area contributed by atoms with E-state index in [1.165, 1.54) is 0 Å². The second-order valence-corrected chi connectivity index (χ2v) is 4.89. The molecule has 2 rings (SSSR count). The van der Waals surface area contributed by atoms with E-state index in [2.05, 4.69) is 5.32 Å². The minimum atomic E-state index is -4.43. The molecule has 0 radical (unpaired) electrons. The molecule has 0 saturated carbocycles. The van der Waals surface area contributed by atoms with Crippen LogP contribution in [0.4, 0.5) is 17.6 Å². The molecular formula is C13H17ClF4N2. The van der Waals surface area contributed by atoms with E-state index in [1.54, 1.807) is 0 Å². The maximum atomic E-state index is 13.6. The number of halogens is 5. The van der Waals surface area contributed by atoms with Gasteiger partial charge in [0.1, 0.15) is 5.82 Å². The average Bonchev–Trinajstić information content (AvgIpc) is 2.30. The zero-order chi connectivity index (χ0) is 14.0. The molecule has 0 unspecified atom stereocenters. The van der Waals surface area contributed by atoms with Crippen molar-refractivity contribution in [3.05, 3.63) is 35.1 Å². The van der Waals surface area contributed by atoms with Crippen LogP contribution in [0.25, 0.3) is 0 Å². The van der Waals surface area contributed by atoms with Crippen LogP contribution in [0.2, 0.25) is 0 Å². The number of benzene rings is 1. The van der Waals surface area contributed by atoms with E-state index < -0.39 is 17.6 Å². The number of nitrogens with zero attached hydrogens (tertiary/aromatic N) is 1. The van der Waals surface area contributed by atoms with Crippen molar-refractivity contribution in [2.24, 2.45) is 0 Å². The van der Waals surface area contributed by atoms with Crippen LogP contribution in [0.15, 0.2) is 18.2 Å². The Morgan fingerprint density at radius 2 is 2.05 bits per heavy atom. The molecule has 1 fully saturated rings. The zero-order valence-corrected chi connectivity index (χ0v) is 11.8. The third-order valence-electron chi connectivity index (χ3n) is 3.22. The van der Waals surface area contributed by atoms with Gasteiger partial charge in [0.15, 0.2) is 0 Å². The molecule has 114 valence electrons. The monoisotopic (exact) mass is 312 g/mol. The van der Waals surface area contributed by atoms with Crippen molar-refractivity contribution in [3.8, 4) is 0 Å². The maximum absolute atomic E-state index is 13.6. The van der Waals surface area contributed by atoms with Gasteiger partial charge in [-0.05, 0) is 25.1 Å². The largest absolute Gasteiger partial charge is 0.416 e. The summed E-state index contributed by atoms with van der Waals surface area (Å²) in [5, 5.41) is 3.23. The second-order valence-electron chi connectivity index (χ2n) is 4.89. The highest BCUT2D eigenvalue weighted by molar-refractivity contribution is 5.85. The number of rotatable bonds is 2. The first-order valence-electron chi connectivity index (χ1n) is 6.17. The van der Waals surface area contributed by atoms with Crippen LogP contribution in [-0.2, 0) is 12.7 Å². The Bertz CT molecular complexity index is 450. The lowest BCUT2D eigenvalue weighted by molar-refractivity contribution is -0.137. The minimum Gasteiger partial charge on any atom is -0.312 e. The van der Waals surface area contributed by atoms with E-state index in [0.29, 0.717) is 13.1 Å². The Balaban J connectivity index is 0.00000200. The van der Waals surface area contributed by atoms with E-state index in [-0.39, 0.29) is 30.6 Å². The van der Waals surface area contributed by atoms with Crippen LogP contribution >= 0.6 is 12.4 Å². The summed E-state index contributed by atoms with van der Waals surface area (Å²) in [6.07, 6.45) is -4.43. The number of alkyl halides is 3. The average molecular weight is 313 g/mol. The van der Waals surface area contributed by atoms with Gasteiger partial charge in [0.25, 0.3) is 0 Å². The fraction of sp³-hybridized carbons (Fsp3) is 0.538.